The van der Waals surface area contributed by atoms with Gasteiger partial charge in [-0.25, -0.2) is 0 Å². The van der Waals surface area contributed by atoms with Crippen molar-refractivity contribution in [1.82, 2.24) is 15.4 Å². The molecule has 16 heavy (non-hydrogen) atoms. The van der Waals surface area contributed by atoms with Crippen LogP contribution in [0.1, 0.15) is 16.5 Å². The summed E-state index contributed by atoms with van der Waals surface area (Å²) in [5, 5.41) is 0.660. The Morgan fingerprint density at radius 1 is 1.44 bits per heavy atom. The normalized spacial score (nSPS) is 12.6. The van der Waals surface area contributed by atoms with E-state index in [0.717, 1.165) is 16.9 Å². The van der Waals surface area contributed by atoms with Crippen LogP contribution in [-0.2, 0) is 6.42 Å². The van der Waals surface area contributed by atoms with Crippen molar-refractivity contribution < 1.29 is 0 Å². The first-order chi connectivity index (χ1) is 7.81. The minimum absolute atomic E-state index is 0.0346. The molecule has 2 aromatic heterocycles. The Labute approximate surface area is 102 Å². The van der Waals surface area contributed by atoms with Crippen LogP contribution in [0.4, 0.5) is 0 Å². The lowest BCUT2D eigenvalue weighted by Crippen LogP contribution is -2.29. The second-order valence-corrected chi connectivity index (χ2v) is 4.62. The summed E-state index contributed by atoms with van der Waals surface area (Å²) in [5.74, 6) is 5.53. The van der Waals surface area contributed by atoms with E-state index in [-0.39, 0.29) is 6.04 Å². The van der Waals surface area contributed by atoms with Crippen molar-refractivity contribution in [3.63, 3.8) is 0 Å². The van der Waals surface area contributed by atoms with Crippen molar-refractivity contribution in [2.75, 3.05) is 0 Å². The number of rotatable bonds is 4. The first kappa shape index (κ1) is 11.5. The number of hydrogen-bond acceptors (Lipinski definition) is 5. The van der Waals surface area contributed by atoms with Gasteiger partial charge in [-0.2, -0.15) is 0 Å². The topological polar surface area (TPSA) is 63.8 Å². The molecule has 2 aromatic rings. The van der Waals surface area contributed by atoms with Gasteiger partial charge in [-0.05, 0) is 18.1 Å². The van der Waals surface area contributed by atoms with Gasteiger partial charge in [0.2, 0.25) is 0 Å². The fraction of sp³-hybridized carbons (Fsp3) is 0.200. The molecule has 84 valence electrons. The molecule has 0 saturated carbocycles. The Balaban J connectivity index is 2.17. The lowest BCUT2D eigenvalue weighted by Gasteiger charge is -2.14. The van der Waals surface area contributed by atoms with Gasteiger partial charge in [0.15, 0.2) is 0 Å². The van der Waals surface area contributed by atoms with E-state index in [9.17, 15) is 0 Å². The van der Waals surface area contributed by atoms with Crippen LogP contribution in [0.25, 0.3) is 0 Å². The summed E-state index contributed by atoms with van der Waals surface area (Å²) in [5.41, 5.74) is 5.58. The molecular weight excluding hydrogens is 244 g/mol. The molecule has 6 heteroatoms. The minimum Gasteiger partial charge on any atom is -0.271 e. The molecule has 1 atom stereocenters. The van der Waals surface area contributed by atoms with Gasteiger partial charge in [0.05, 0.1) is 16.6 Å². The number of halogens is 1. The van der Waals surface area contributed by atoms with Crippen molar-refractivity contribution in [1.29, 1.82) is 0 Å². The highest BCUT2D eigenvalue weighted by Gasteiger charge is 2.13. The predicted octanol–water partition coefficient (Wildman–Crippen LogP) is 1.94. The number of aromatic nitrogens is 2. The van der Waals surface area contributed by atoms with Crippen molar-refractivity contribution in [2.24, 2.45) is 5.84 Å². The lowest BCUT2D eigenvalue weighted by molar-refractivity contribution is 0.559. The largest absolute Gasteiger partial charge is 0.271 e. The molecule has 1 unspecified atom stereocenters. The number of nitrogens with zero attached hydrogens (tertiary/aromatic N) is 2. The SMILES string of the molecule is NNC(Cc1ccncc1Cl)c1cncs1. The Morgan fingerprint density at radius 3 is 2.94 bits per heavy atom. The molecule has 0 aliphatic carbocycles. The molecule has 2 rings (SSSR count). The Kier molecular flexibility index (Phi) is 3.84. The summed E-state index contributed by atoms with van der Waals surface area (Å²) >= 11 is 7.61. The monoisotopic (exact) mass is 254 g/mol. The Bertz CT molecular complexity index is 446. The number of hydrogen-bond donors (Lipinski definition) is 2. The second-order valence-electron chi connectivity index (χ2n) is 3.29. The third-order valence-electron chi connectivity index (χ3n) is 2.28. The predicted molar refractivity (Wildman–Crippen MR) is 65.1 cm³/mol. The summed E-state index contributed by atoms with van der Waals surface area (Å²) in [6.07, 6.45) is 5.89. The van der Waals surface area contributed by atoms with Gasteiger partial charge in [0, 0.05) is 23.5 Å². The fourth-order valence-electron chi connectivity index (χ4n) is 1.43. The van der Waals surface area contributed by atoms with Gasteiger partial charge in [-0.1, -0.05) is 11.6 Å². The maximum absolute atomic E-state index is 6.04. The van der Waals surface area contributed by atoms with Crippen LogP contribution in [0.15, 0.2) is 30.2 Å². The zero-order valence-corrected chi connectivity index (χ0v) is 10.0. The van der Waals surface area contributed by atoms with Crippen LogP contribution in [0.5, 0.6) is 0 Å². The van der Waals surface area contributed by atoms with Crippen molar-refractivity contribution >= 4 is 22.9 Å². The maximum atomic E-state index is 6.04. The molecule has 4 nitrogen and oxygen atoms in total. The Morgan fingerprint density at radius 2 is 2.31 bits per heavy atom. The summed E-state index contributed by atoms with van der Waals surface area (Å²) in [6, 6.07) is 1.93. The molecule has 2 heterocycles. The highest BCUT2D eigenvalue weighted by Crippen LogP contribution is 2.24. The molecule has 0 radical (unpaired) electrons. The van der Waals surface area contributed by atoms with Crippen LogP contribution in [0.3, 0.4) is 0 Å². The molecular formula is C10H11ClN4S. The summed E-state index contributed by atoms with van der Waals surface area (Å²) < 4.78 is 0. The van der Waals surface area contributed by atoms with Gasteiger partial charge >= 0.3 is 0 Å². The number of pyridine rings is 1. The molecule has 0 saturated heterocycles. The molecule has 0 aliphatic rings. The van der Waals surface area contributed by atoms with E-state index < -0.39 is 0 Å². The zero-order chi connectivity index (χ0) is 11.4. The maximum Gasteiger partial charge on any atom is 0.0794 e. The van der Waals surface area contributed by atoms with Gasteiger partial charge in [0.25, 0.3) is 0 Å². The van der Waals surface area contributed by atoms with E-state index >= 15 is 0 Å². The summed E-state index contributed by atoms with van der Waals surface area (Å²) in [4.78, 5) is 9.07. The van der Waals surface area contributed by atoms with E-state index in [0.29, 0.717) is 5.02 Å². The van der Waals surface area contributed by atoms with Crippen molar-refractivity contribution in [2.45, 2.75) is 12.5 Å². The van der Waals surface area contributed by atoms with Crippen molar-refractivity contribution in [3.05, 3.63) is 45.6 Å². The molecule has 0 fully saturated rings. The summed E-state index contributed by atoms with van der Waals surface area (Å²) in [7, 11) is 0. The number of hydrazine groups is 1. The van der Waals surface area contributed by atoms with Gasteiger partial charge in [-0.15, -0.1) is 11.3 Å². The van der Waals surface area contributed by atoms with Crippen LogP contribution in [0, 0.1) is 0 Å². The van der Waals surface area contributed by atoms with Gasteiger partial charge in [-0.3, -0.25) is 21.2 Å². The molecule has 3 N–H and O–H groups in total. The highest BCUT2D eigenvalue weighted by atomic mass is 35.5. The number of nitrogens with one attached hydrogen (secondary N) is 1. The summed E-state index contributed by atoms with van der Waals surface area (Å²) in [6.45, 7) is 0. The van der Waals surface area contributed by atoms with Crippen molar-refractivity contribution in [3.8, 4) is 0 Å². The molecule has 0 bridgehead atoms. The third-order valence-corrected chi connectivity index (χ3v) is 3.51. The van der Waals surface area contributed by atoms with Crippen LogP contribution in [0.2, 0.25) is 5.02 Å². The fourth-order valence-corrected chi connectivity index (χ4v) is 2.31. The molecule has 0 aliphatic heterocycles. The number of nitrogens with two attached hydrogens (primary N) is 1. The standard InChI is InChI=1S/C10H11ClN4S/c11-8-4-13-2-1-7(8)3-9(15-12)10-5-14-6-16-10/h1-2,4-6,9,15H,3,12H2. The van der Waals surface area contributed by atoms with Crippen LogP contribution in [-0.4, -0.2) is 9.97 Å². The molecule has 0 amide bonds. The first-order valence-electron chi connectivity index (χ1n) is 4.74. The molecule has 0 spiro atoms. The van der Waals surface area contributed by atoms with Crippen LogP contribution >= 0.6 is 22.9 Å². The average Bonchev–Trinajstić information content (AvgIpc) is 2.81. The van der Waals surface area contributed by atoms with E-state index in [2.05, 4.69) is 15.4 Å². The first-order valence-corrected chi connectivity index (χ1v) is 6.00. The minimum atomic E-state index is 0.0346. The Hall–Kier alpha value is -1.01. The molecule has 0 aromatic carbocycles. The quantitative estimate of drug-likeness (QED) is 0.647. The highest BCUT2D eigenvalue weighted by molar-refractivity contribution is 7.09. The second kappa shape index (κ2) is 5.36. The van der Waals surface area contributed by atoms with E-state index in [1.165, 1.54) is 0 Å². The van der Waals surface area contributed by atoms with E-state index in [1.807, 2.05) is 12.3 Å². The number of thiazole rings is 1. The smallest absolute Gasteiger partial charge is 0.0794 e. The lowest BCUT2D eigenvalue weighted by atomic mass is 10.1. The zero-order valence-electron chi connectivity index (χ0n) is 8.43. The van der Waals surface area contributed by atoms with Crippen LogP contribution < -0.4 is 11.3 Å². The van der Waals surface area contributed by atoms with Gasteiger partial charge in [0.1, 0.15) is 0 Å². The average molecular weight is 255 g/mol. The third kappa shape index (κ3) is 2.56. The van der Waals surface area contributed by atoms with E-state index in [1.54, 1.807) is 29.2 Å². The van der Waals surface area contributed by atoms with E-state index in [4.69, 9.17) is 17.4 Å². The van der Waals surface area contributed by atoms with Gasteiger partial charge < -0.3 is 0 Å².